The van der Waals surface area contributed by atoms with Crippen LogP contribution in [-0.2, 0) is 9.53 Å². The standard InChI is InChI=1S/C13H23F3N2O2/c1-12(17-2,11(19)20-3)7-4-8-18(10-5-6-10)9-13(14,15)16/h10,17H,4-9H2,1-3H3. The fraction of sp³-hybridized carbons (Fsp3) is 0.923. The van der Waals surface area contributed by atoms with E-state index in [9.17, 15) is 18.0 Å². The molecule has 7 heteroatoms. The summed E-state index contributed by atoms with van der Waals surface area (Å²) in [5, 5.41) is 2.88. The van der Waals surface area contributed by atoms with Crippen LogP contribution in [0.2, 0.25) is 0 Å². The predicted octanol–water partition coefficient (Wildman–Crippen LogP) is 1.94. The first-order valence-corrected chi connectivity index (χ1v) is 6.80. The molecule has 0 spiro atoms. The van der Waals surface area contributed by atoms with E-state index in [4.69, 9.17) is 4.74 Å². The number of carbonyl (C=O) groups excluding carboxylic acids is 1. The van der Waals surface area contributed by atoms with Gasteiger partial charge in [0, 0.05) is 6.04 Å². The summed E-state index contributed by atoms with van der Waals surface area (Å²) in [6.45, 7) is 1.18. The number of ether oxygens (including phenoxy) is 1. The van der Waals surface area contributed by atoms with Gasteiger partial charge in [0.2, 0.25) is 0 Å². The summed E-state index contributed by atoms with van der Waals surface area (Å²) < 4.78 is 42.1. The van der Waals surface area contributed by atoms with E-state index in [1.54, 1.807) is 14.0 Å². The predicted molar refractivity (Wildman–Crippen MR) is 69.4 cm³/mol. The molecule has 0 amide bonds. The molecule has 0 aromatic heterocycles. The van der Waals surface area contributed by atoms with Crippen LogP contribution in [0.25, 0.3) is 0 Å². The first kappa shape index (κ1) is 17.2. The number of rotatable bonds is 8. The third-order valence-electron chi connectivity index (χ3n) is 3.76. The zero-order valence-electron chi connectivity index (χ0n) is 12.2. The van der Waals surface area contributed by atoms with E-state index in [0.717, 1.165) is 12.8 Å². The molecule has 20 heavy (non-hydrogen) atoms. The average molecular weight is 296 g/mol. The summed E-state index contributed by atoms with van der Waals surface area (Å²) in [6, 6.07) is 0.0515. The van der Waals surface area contributed by atoms with Crippen molar-refractivity contribution < 1.29 is 22.7 Å². The molecule has 1 atom stereocenters. The monoisotopic (exact) mass is 296 g/mol. The van der Waals surface area contributed by atoms with Crippen LogP contribution in [0.4, 0.5) is 13.2 Å². The lowest BCUT2D eigenvalue weighted by molar-refractivity contribution is -0.150. The molecule has 0 bridgehead atoms. The van der Waals surface area contributed by atoms with E-state index in [0.29, 0.717) is 19.4 Å². The molecule has 1 rings (SSSR count). The number of nitrogens with one attached hydrogen (secondary N) is 1. The highest BCUT2D eigenvalue weighted by atomic mass is 19.4. The smallest absolute Gasteiger partial charge is 0.401 e. The van der Waals surface area contributed by atoms with Gasteiger partial charge in [-0.2, -0.15) is 13.2 Å². The minimum Gasteiger partial charge on any atom is -0.468 e. The lowest BCUT2D eigenvalue weighted by Crippen LogP contribution is -2.49. The van der Waals surface area contributed by atoms with Crippen molar-refractivity contribution in [1.29, 1.82) is 0 Å². The van der Waals surface area contributed by atoms with Gasteiger partial charge in [-0.25, -0.2) is 0 Å². The van der Waals surface area contributed by atoms with Crippen molar-refractivity contribution >= 4 is 5.97 Å². The molecular formula is C13H23F3N2O2. The highest BCUT2D eigenvalue weighted by Gasteiger charge is 2.38. The van der Waals surface area contributed by atoms with Crippen LogP contribution in [0, 0.1) is 0 Å². The maximum Gasteiger partial charge on any atom is 0.401 e. The van der Waals surface area contributed by atoms with Crippen molar-refractivity contribution in [3.8, 4) is 0 Å². The van der Waals surface area contributed by atoms with Crippen molar-refractivity contribution in [3.63, 3.8) is 0 Å². The number of esters is 1. The molecule has 1 fully saturated rings. The second kappa shape index (κ2) is 6.76. The SMILES string of the molecule is CNC(C)(CCCN(CC(F)(F)F)C1CC1)C(=O)OC. The zero-order valence-corrected chi connectivity index (χ0v) is 12.2. The van der Waals surface area contributed by atoms with Gasteiger partial charge in [0.1, 0.15) is 5.54 Å². The molecule has 1 aliphatic carbocycles. The molecule has 0 heterocycles. The number of alkyl halides is 3. The third kappa shape index (κ3) is 5.28. The largest absolute Gasteiger partial charge is 0.468 e. The maximum absolute atomic E-state index is 12.5. The number of likely N-dealkylation sites (N-methyl/N-ethyl adjacent to an activating group) is 1. The Balaban J connectivity index is 2.45. The zero-order chi connectivity index (χ0) is 15.4. The Hall–Kier alpha value is -0.820. The van der Waals surface area contributed by atoms with Gasteiger partial charge in [0.05, 0.1) is 13.7 Å². The molecule has 1 unspecified atom stereocenters. The minimum absolute atomic E-state index is 0.0515. The van der Waals surface area contributed by atoms with Gasteiger partial charge in [-0.3, -0.25) is 9.69 Å². The number of carbonyl (C=O) groups is 1. The Morgan fingerprint density at radius 2 is 2.00 bits per heavy atom. The van der Waals surface area contributed by atoms with Crippen LogP contribution >= 0.6 is 0 Å². The molecule has 0 aliphatic heterocycles. The Bertz CT molecular complexity index is 332. The molecule has 0 radical (unpaired) electrons. The number of hydrogen-bond donors (Lipinski definition) is 1. The van der Waals surface area contributed by atoms with E-state index in [1.165, 1.54) is 12.0 Å². The summed E-state index contributed by atoms with van der Waals surface area (Å²) in [7, 11) is 2.95. The Morgan fingerprint density at radius 1 is 1.40 bits per heavy atom. The molecule has 0 saturated heterocycles. The van der Waals surface area contributed by atoms with Crippen LogP contribution in [0.3, 0.4) is 0 Å². The van der Waals surface area contributed by atoms with Gasteiger partial charge in [-0.15, -0.1) is 0 Å². The lowest BCUT2D eigenvalue weighted by atomic mass is 9.96. The van der Waals surface area contributed by atoms with Crippen molar-refractivity contribution in [2.75, 3.05) is 27.2 Å². The molecule has 0 aromatic carbocycles. The van der Waals surface area contributed by atoms with Crippen LogP contribution < -0.4 is 5.32 Å². The van der Waals surface area contributed by atoms with Crippen molar-refractivity contribution in [1.82, 2.24) is 10.2 Å². The molecular weight excluding hydrogens is 273 g/mol. The highest BCUT2D eigenvalue weighted by Crippen LogP contribution is 2.30. The number of nitrogens with zero attached hydrogens (tertiary/aromatic N) is 1. The van der Waals surface area contributed by atoms with E-state index >= 15 is 0 Å². The molecule has 1 N–H and O–H groups in total. The average Bonchev–Trinajstić information content (AvgIpc) is 3.19. The van der Waals surface area contributed by atoms with Crippen molar-refractivity contribution in [2.45, 2.75) is 50.4 Å². The molecule has 1 saturated carbocycles. The Morgan fingerprint density at radius 3 is 2.40 bits per heavy atom. The van der Waals surface area contributed by atoms with E-state index in [1.807, 2.05) is 0 Å². The van der Waals surface area contributed by atoms with Crippen LogP contribution in [0.5, 0.6) is 0 Å². The second-order valence-electron chi connectivity index (χ2n) is 5.49. The second-order valence-corrected chi connectivity index (χ2v) is 5.49. The lowest BCUT2D eigenvalue weighted by Gasteiger charge is -2.28. The Kier molecular flexibility index (Phi) is 5.82. The third-order valence-corrected chi connectivity index (χ3v) is 3.76. The molecule has 1 aliphatic rings. The van der Waals surface area contributed by atoms with E-state index in [-0.39, 0.29) is 6.04 Å². The van der Waals surface area contributed by atoms with Gasteiger partial charge in [-0.05, 0) is 46.2 Å². The number of methoxy groups -OCH3 is 1. The van der Waals surface area contributed by atoms with Gasteiger partial charge in [-0.1, -0.05) is 0 Å². The van der Waals surface area contributed by atoms with Gasteiger partial charge < -0.3 is 10.1 Å². The highest BCUT2D eigenvalue weighted by molar-refractivity contribution is 5.80. The quantitative estimate of drug-likeness (QED) is 0.695. The van der Waals surface area contributed by atoms with Crippen molar-refractivity contribution in [3.05, 3.63) is 0 Å². The number of halogens is 3. The number of hydrogen-bond acceptors (Lipinski definition) is 4. The summed E-state index contributed by atoms with van der Waals surface area (Å²) >= 11 is 0. The fourth-order valence-corrected chi connectivity index (χ4v) is 2.25. The Labute approximate surface area is 117 Å². The van der Waals surface area contributed by atoms with Gasteiger partial charge >= 0.3 is 12.1 Å². The topological polar surface area (TPSA) is 41.6 Å². The van der Waals surface area contributed by atoms with E-state index < -0.39 is 24.2 Å². The summed E-state index contributed by atoms with van der Waals surface area (Å²) in [6.07, 6.45) is -1.56. The fourth-order valence-electron chi connectivity index (χ4n) is 2.25. The van der Waals surface area contributed by atoms with Crippen molar-refractivity contribution in [2.24, 2.45) is 0 Å². The first-order chi connectivity index (χ1) is 9.22. The van der Waals surface area contributed by atoms with Gasteiger partial charge in [0.25, 0.3) is 0 Å². The summed E-state index contributed by atoms with van der Waals surface area (Å²) in [5.74, 6) is -0.395. The molecule has 4 nitrogen and oxygen atoms in total. The minimum atomic E-state index is -4.17. The van der Waals surface area contributed by atoms with Crippen LogP contribution in [0.15, 0.2) is 0 Å². The first-order valence-electron chi connectivity index (χ1n) is 6.80. The summed E-state index contributed by atoms with van der Waals surface area (Å²) in [4.78, 5) is 13.1. The summed E-state index contributed by atoms with van der Waals surface area (Å²) in [5.41, 5.74) is -0.845. The van der Waals surface area contributed by atoms with E-state index in [2.05, 4.69) is 5.32 Å². The maximum atomic E-state index is 12.5. The normalized spacial score (nSPS) is 18.9. The van der Waals surface area contributed by atoms with Gasteiger partial charge in [0.15, 0.2) is 0 Å². The van der Waals surface area contributed by atoms with Crippen LogP contribution in [0.1, 0.15) is 32.6 Å². The van der Waals surface area contributed by atoms with Crippen LogP contribution in [-0.4, -0.2) is 55.9 Å². The molecule has 0 aromatic rings. The molecule has 118 valence electrons.